The van der Waals surface area contributed by atoms with Crippen molar-refractivity contribution in [1.82, 2.24) is 20.0 Å². The number of alkyl halides is 1. The van der Waals surface area contributed by atoms with Gasteiger partial charge in [0.05, 0.1) is 55.7 Å². The summed E-state index contributed by atoms with van der Waals surface area (Å²) in [4.78, 5) is 45.8. The summed E-state index contributed by atoms with van der Waals surface area (Å²) in [5, 5.41) is 3.61. The zero-order valence-electron chi connectivity index (χ0n) is 25.3. The molecule has 0 aromatic heterocycles. The van der Waals surface area contributed by atoms with Gasteiger partial charge < -0.3 is 34.2 Å². The Kier molecular flexibility index (Phi) is 8.41. The van der Waals surface area contributed by atoms with Crippen molar-refractivity contribution in [3.05, 3.63) is 11.8 Å². The van der Waals surface area contributed by atoms with E-state index in [0.29, 0.717) is 70.7 Å². The predicted octanol–water partition coefficient (Wildman–Crippen LogP) is 2.66. The fourth-order valence-electron chi connectivity index (χ4n) is 9.41. The quantitative estimate of drug-likeness (QED) is 0.491. The Morgan fingerprint density at radius 2 is 1.77 bits per heavy atom. The van der Waals surface area contributed by atoms with Crippen LogP contribution in [0, 0.1) is 17.8 Å². The number of carbonyl (C=O) groups excluding carboxylic acids is 3. The number of halogens is 1. The maximum Gasteiger partial charge on any atom is 0.409 e. The van der Waals surface area contributed by atoms with Crippen molar-refractivity contribution < 1.29 is 33.0 Å². The highest BCUT2D eigenvalue weighted by atomic mass is 19.1. The van der Waals surface area contributed by atoms with E-state index in [1.165, 1.54) is 19.3 Å². The minimum Gasteiger partial charge on any atom is -0.450 e. The lowest BCUT2D eigenvalue weighted by Gasteiger charge is -2.62. The summed E-state index contributed by atoms with van der Waals surface area (Å²) in [7, 11) is 0. The lowest BCUT2D eigenvalue weighted by atomic mass is 9.63. The Morgan fingerprint density at radius 3 is 2.53 bits per heavy atom. The number of piperidine rings is 1. The Balaban J connectivity index is 1.17. The van der Waals surface area contributed by atoms with E-state index in [4.69, 9.17) is 14.2 Å². The van der Waals surface area contributed by atoms with Gasteiger partial charge in [0.15, 0.2) is 5.78 Å². The highest BCUT2D eigenvalue weighted by Crippen LogP contribution is 2.51. The number of hydrogen-bond donors (Lipinski definition) is 1. The van der Waals surface area contributed by atoms with Gasteiger partial charge in [-0.25, -0.2) is 9.18 Å². The molecule has 3 saturated carbocycles. The predicted molar refractivity (Wildman–Crippen MR) is 155 cm³/mol. The van der Waals surface area contributed by atoms with Crippen LogP contribution in [-0.2, 0) is 23.8 Å². The van der Waals surface area contributed by atoms with Gasteiger partial charge in [-0.1, -0.05) is 19.3 Å². The van der Waals surface area contributed by atoms with Crippen molar-refractivity contribution >= 4 is 17.8 Å². The minimum absolute atomic E-state index is 0.0441. The smallest absolute Gasteiger partial charge is 0.409 e. The molecule has 0 bridgehead atoms. The topological polar surface area (TPSA) is 101 Å². The number of amides is 2. The molecule has 0 spiro atoms. The molecule has 7 aliphatic rings. The third-order valence-electron chi connectivity index (χ3n) is 11.5. The van der Waals surface area contributed by atoms with Crippen LogP contribution in [0.3, 0.4) is 0 Å². The molecule has 0 aromatic carbocycles. The van der Waals surface area contributed by atoms with Gasteiger partial charge >= 0.3 is 6.09 Å². The first kappa shape index (κ1) is 29.5. The van der Waals surface area contributed by atoms with Crippen LogP contribution in [0.1, 0.15) is 64.7 Å². The molecule has 3 saturated heterocycles. The standard InChI is InChI=1S/C32H47FN4O6/c1-2-42-32(40)36-11-9-20(10-12-36)34-26-24(33)17-22-28-30(26)43-25-8-7-19-5-3-4-6-21(19)27(25)37(28)18-23(29(22)38)31(39)35-13-15-41-16-14-35/h18-22,24-28,30,34H,2-17H2,1H3. The number of likely N-dealkylation sites (tertiary alicyclic amines) is 1. The third-order valence-corrected chi connectivity index (χ3v) is 11.5. The van der Waals surface area contributed by atoms with Gasteiger partial charge in [0.2, 0.25) is 0 Å². The lowest BCUT2D eigenvalue weighted by Crippen LogP contribution is -2.75. The van der Waals surface area contributed by atoms with E-state index in [0.717, 1.165) is 19.3 Å². The number of carbonyl (C=O) groups is 3. The molecule has 0 radical (unpaired) electrons. The van der Waals surface area contributed by atoms with Gasteiger partial charge in [-0.05, 0) is 57.3 Å². The summed E-state index contributed by atoms with van der Waals surface area (Å²) < 4.78 is 33.8. The van der Waals surface area contributed by atoms with Crippen molar-refractivity contribution in [1.29, 1.82) is 0 Å². The monoisotopic (exact) mass is 602 g/mol. The first-order valence-corrected chi connectivity index (χ1v) is 16.8. The summed E-state index contributed by atoms with van der Waals surface area (Å²) in [6.07, 6.45) is 8.11. The molecule has 9 atom stereocenters. The molecule has 238 valence electrons. The van der Waals surface area contributed by atoms with Crippen LogP contribution < -0.4 is 5.32 Å². The molecule has 7 rings (SSSR count). The molecular weight excluding hydrogens is 555 g/mol. The van der Waals surface area contributed by atoms with E-state index in [-0.39, 0.29) is 54.0 Å². The van der Waals surface area contributed by atoms with Crippen molar-refractivity contribution in [2.24, 2.45) is 17.8 Å². The number of hydrogen-bond acceptors (Lipinski definition) is 8. The van der Waals surface area contributed by atoms with E-state index in [9.17, 15) is 14.4 Å². The van der Waals surface area contributed by atoms with Gasteiger partial charge in [0.1, 0.15) is 6.17 Å². The van der Waals surface area contributed by atoms with Crippen LogP contribution >= 0.6 is 0 Å². The molecular formula is C32H47FN4O6. The van der Waals surface area contributed by atoms with Crippen LogP contribution in [-0.4, -0.2) is 121 Å². The summed E-state index contributed by atoms with van der Waals surface area (Å²) in [6.45, 7) is 5.13. The Morgan fingerprint density at radius 1 is 1.00 bits per heavy atom. The lowest BCUT2D eigenvalue weighted by molar-refractivity contribution is -0.216. The summed E-state index contributed by atoms with van der Waals surface area (Å²) >= 11 is 0. The molecule has 9 unspecified atom stereocenters. The van der Waals surface area contributed by atoms with E-state index in [1.54, 1.807) is 16.7 Å². The minimum atomic E-state index is -1.28. The molecule has 2 amide bonds. The Hall–Kier alpha value is -2.24. The molecule has 4 aliphatic heterocycles. The number of nitrogens with one attached hydrogen (secondary N) is 1. The van der Waals surface area contributed by atoms with Crippen molar-refractivity contribution in [2.45, 2.75) is 107 Å². The highest BCUT2D eigenvalue weighted by Gasteiger charge is 2.61. The highest BCUT2D eigenvalue weighted by molar-refractivity contribution is 6.20. The summed E-state index contributed by atoms with van der Waals surface area (Å²) in [6, 6.07) is -0.693. The molecule has 1 N–H and O–H groups in total. The Labute approximate surface area is 253 Å². The SMILES string of the molecule is CCOC(=O)N1CCC(NC2C(F)CC3C(=O)C(C(=O)N4CCOCC4)=CN4C5C(CCC6CCCCC65)OC2C34)CC1. The van der Waals surface area contributed by atoms with Crippen LogP contribution in [0.5, 0.6) is 0 Å². The van der Waals surface area contributed by atoms with Crippen molar-refractivity contribution in [2.75, 3.05) is 46.0 Å². The van der Waals surface area contributed by atoms with Crippen LogP contribution in [0.25, 0.3) is 0 Å². The second-order valence-electron chi connectivity index (χ2n) is 13.7. The number of ether oxygens (including phenoxy) is 3. The fourth-order valence-corrected chi connectivity index (χ4v) is 9.41. The van der Waals surface area contributed by atoms with Gasteiger partial charge in [-0.3, -0.25) is 9.59 Å². The number of fused-ring (bicyclic) bond motifs is 4. The number of nitrogens with zero attached hydrogens (tertiary/aromatic N) is 3. The molecule has 3 aliphatic carbocycles. The van der Waals surface area contributed by atoms with Gasteiger partial charge in [0, 0.05) is 44.3 Å². The maximum atomic E-state index is 16.3. The molecule has 4 heterocycles. The molecule has 10 nitrogen and oxygen atoms in total. The molecule has 43 heavy (non-hydrogen) atoms. The fraction of sp³-hybridized carbons (Fsp3) is 0.844. The first-order valence-electron chi connectivity index (χ1n) is 16.8. The summed E-state index contributed by atoms with van der Waals surface area (Å²) in [5.74, 6) is 0.00340. The summed E-state index contributed by atoms with van der Waals surface area (Å²) in [5.41, 5.74) is 0.213. The number of Topliss-reactive ketones (excluding diaryl/α,β-unsaturated/α-hetero) is 1. The first-order chi connectivity index (χ1) is 20.9. The Bertz CT molecular complexity index is 1110. The molecule has 6 fully saturated rings. The van der Waals surface area contributed by atoms with Crippen molar-refractivity contribution in [3.8, 4) is 0 Å². The second kappa shape index (κ2) is 12.3. The molecule has 11 heteroatoms. The van der Waals surface area contributed by atoms with Gasteiger partial charge in [0.25, 0.3) is 5.91 Å². The van der Waals surface area contributed by atoms with Crippen LogP contribution in [0.4, 0.5) is 9.18 Å². The average Bonchev–Trinajstić information content (AvgIpc) is 3.04. The van der Waals surface area contributed by atoms with Crippen LogP contribution in [0.2, 0.25) is 0 Å². The van der Waals surface area contributed by atoms with Gasteiger partial charge in [-0.15, -0.1) is 0 Å². The van der Waals surface area contributed by atoms with Crippen LogP contribution in [0.15, 0.2) is 11.8 Å². The van der Waals surface area contributed by atoms with Gasteiger partial charge in [-0.2, -0.15) is 0 Å². The zero-order chi connectivity index (χ0) is 29.7. The number of rotatable bonds is 4. The number of morpholine rings is 2. The third kappa shape index (κ3) is 5.37. The number of ketones is 1. The van der Waals surface area contributed by atoms with E-state index < -0.39 is 24.2 Å². The second-order valence-corrected chi connectivity index (χ2v) is 13.7. The average molecular weight is 603 g/mol. The van der Waals surface area contributed by atoms with Crippen molar-refractivity contribution in [3.63, 3.8) is 0 Å². The van der Waals surface area contributed by atoms with E-state index >= 15 is 4.39 Å². The largest absolute Gasteiger partial charge is 0.450 e. The molecule has 0 aromatic rings. The maximum absolute atomic E-state index is 16.3. The van der Waals surface area contributed by atoms with E-state index in [1.807, 2.05) is 6.20 Å². The zero-order valence-corrected chi connectivity index (χ0v) is 25.3. The van der Waals surface area contributed by atoms with E-state index in [2.05, 4.69) is 10.2 Å². The normalized spacial score (nSPS) is 39.8.